The zero-order valence-corrected chi connectivity index (χ0v) is 14.0. The Morgan fingerprint density at radius 1 is 1.09 bits per heavy atom. The number of rotatable bonds is 6. The van der Waals surface area contributed by atoms with E-state index in [1.54, 1.807) is 0 Å². The zero-order valence-electron chi connectivity index (χ0n) is 11.6. The predicted octanol–water partition coefficient (Wildman–Crippen LogP) is 2.66. The molecule has 0 atom stereocenters. The molecule has 0 aliphatic carbocycles. The van der Waals surface area contributed by atoms with Crippen molar-refractivity contribution in [2.75, 3.05) is 11.3 Å². The van der Waals surface area contributed by atoms with Crippen LogP contribution in [0.15, 0.2) is 47.4 Å². The van der Waals surface area contributed by atoms with E-state index in [9.17, 15) is 13.2 Å². The molecule has 1 amide bonds. The van der Waals surface area contributed by atoms with Crippen molar-refractivity contribution in [3.05, 3.63) is 52.5 Å². The van der Waals surface area contributed by atoms with Crippen molar-refractivity contribution in [3.8, 4) is 5.75 Å². The number of hydrogen-bond donors (Lipinski definition) is 2. The second-order valence-corrected chi connectivity index (χ2v) is 6.96. The molecule has 122 valence electrons. The molecule has 0 heterocycles. The summed E-state index contributed by atoms with van der Waals surface area (Å²) in [5.41, 5.74) is 5.29. The quantitative estimate of drug-likeness (QED) is 0.811. The van der Waals surface area contributed by atoms with Crippen LogP contribution in [0, 0.1) is 0 Å². The van der Waals surface area contributed by atoms with Crippen LogP contribution in [0.4, 0.5) is 5.69 Å². The maximum absolute atomic E-state index is 12.3. The summed E-state index contributed by atoms with van der Waals surface area (Å²) in [6.07, 6.45) is 0. The second kappa shape index (κ2) is 7.08. The Hall–Kier alpha value is -1.96. The number of carbonyl (C=O) groups is 1. The van der Waals surface area contributed by atoms with Gasteiger partial charge in [0.25, 0.3) is 15.9 Å². The van der Waals surface area contributed by atoms with E-state index in [1.165, 1.54) is 42.5 Å². The van der Waals surface area contributed by atoms with Crippen LogP contribution >= 0.6 is 23.2 Å². The first-order valence-electron chi connectivity index (χ1n) is 6.27. The van der Waals surface area contributed by atoms with Crippen LogP contribution in [0.1, 0.15) is 0 Å². The number of primary amides is 1. The lowest BCUT2D eigenvalue weighted by molar-refractivity contribution is -0.119. The number of benzene rings is 2. The van der Waals surface area contributed by atoms with Crippen LogP contribution in [0.25, 0.3) is 0 Å². The first-order valence-corrected chi connectivity index (χ1v) is 8.51. The van der Waals surface area contributed by atoms with Crippen LogP contribution in [0.2, 0.25) is 10.0 Å². The minimum absolute atomic E-state index is 0.0130. The van der Waals surface area contributed by atoms with Gasteiger partial charge in [0.2, 0.25) is 0 Å². The Bertz CT molecular complexity index is 823. The third-order valence-electron chi connectivity index (χ3n) is 2.69. The fraction of sp³-hybridized carbons (Fsp3) is 0.0714. The average Bonchev–Trinajstić information content (AvgIpc) is 2.49. The summed E-state index contributed by atoms with van der Waals surface area (Å²) in [7, 11) is -3.80. The Balaban J connectivity index is 2.13. The Morgan fingerprint density at radius 2 is 1.74 bits per heavy atom. The van der Waals surface area contributed by atoms with Gasteiger partial charge in [0.1, 0.15) is 5.75 Å². The lowest BCUT2D eigenvalue weighted by Gasteiger charge is -2.10. The lowest BCUT2D eigenvalue weighted by Crippen LogP contribution is -2.20. The molecule has 23 heavy (non-hydrogen) atoms. The highest BCUT2D eigenvalue weighted by atomic mass is 35.5. The van der Waals surface area contributed by atoms with E-state index in [2.05, 4.69) is 4.72 Å². The van der Waals surface area contributed by atoms with Crippen molar-refractivity contribution in [1.29, 1.82) is 0 Å². The molecule has 0 saturated heterocycles. The van der Waals surface area contributed by atoms with E-state index < -0.39 is 15.9 Å². The third-order valence-corrected chi connectivity index (χ3v) is 4.81. The van der Waals surface area contributed by atoms with Gasteiger partial charge in [-0.3, -0.25) is 9.52 Å². The standard InChI is InChI=1S/C14H12Cl2N2O4S/c15-12-6-5-11(7-13(12)16)23(20,21)18-9-1-3-10(4-2-9)22-8-14(17)19/h1-7,18H,8H2,(H2,17,19). The van der Waals surface area contributed by atoms with Crippen molar-refractivity contribution in [3.63, 3.8) is 0 Å². The molecule has 0 unspecified atom stereocenters. The smallest absolute Gasteiger partial charge is 0.261 e. The fourth-order valence-corrected chi connectivity index (χ4v) is 3.08. The first kappa shape index (κ1) is 17.4. The molecule has 2 rings (SSSR count). The molecular weight excluding hydrogens is 363 g/mol. The Kier molecular flexibility index (Phi) is 5.35. The zero-order chi connectivity index (χ0) is 17.0. The minimum Gasteiger partial charge on any atom is -0.484 e. The van der Waals surface area contributed by atoms with Gasteiger partial charge >= 0.3 is 0 Å². The summed E-state index contributed by atoms with van der Waals surface area (Å²) >= 11 is 11.6. The summed E-state index contributed by atoms with van der Waals surface area (Å²) in [5, 5.41) is 0.409. The van der Waals surface area contributed by atoms with Crippen molar-refractivity contribution >= 4 is 44.8 Å². The van der Waals surface area contributed by atoms with Gasteiger partial charge in [0.05, 0.1) is 14.9 Å². The number of nitrogens with one attached hydrogen (secondary N) is 1. The summed E-state index contributed by atoms with van der Waals surface area (Å²) in [4.78, 5) is 10.6. The molecule has 0 radical (unpaired) electrons. The van der Waals surface area contributed by atoms with E-state index in [0.29, 0.717) is 11.4 Å². The maximum Gasteiger partial charge on any atom is 0.261 e. The van der Waals surface area contributed by atoms with Gasteiger partial charge in [0, 0.05) is 5.69 Å². The molecule has 2 aromatic rings. The van der Waals surface area contributed by atoms with E-state index in [0.717, 1.165) is 0 Å². The number of nitrogens with two attached hydrogens (primary N) is 1. The molecule has 9 heteroatoms. The van der Waals surface area contributed by atoms with Crippen LogP contribution in [-0.4, -0.2) is 20.9 Å². The fourth-order valence-electron chi connectivity index (χ4n) is 1.63. The maximum atomic E-state index is 12.3. The molecule has 0 saturated carbocycles. The number of sulfonamides is 1. The van der Waals surface area contributed by atoms with Crippen molar-refractivity contribution in [2.24, 2.45) is 5.73 Å². The van der Waals surface area contributed by atoms with Crippen molar-refractivity contribution in [2.45, 2.75) is 4.90 Å². The molecule has 2 aromatic carbocycles. The number of halogens is 2. The van der Waals surface area contributed by atoms with Gasteiger partial charge in [0.15, 0.2) is 6.61 Å². The Morgan fingerprint density at radius 3 is 2.30 bits per heavy atom. The van der Waals surface area contributed by atoms with Gasteiger partial charge in [-0.25, -0.2) is 8.42 Å². The number of amides is 1. The largest absolute Gasteiger partial charge is 0.484 e. The molecule has 0 aliphatic heterocycles. The Labute approximate surface area is 143 Å². The highest BCUT2D eigenvalue weighted by molar-refractivity contribution is 7.92. The SMILES string of the molecule is NC(=O)COc1ccc(NS(=O)(=O)c2ccc(Cl)c(Cl)c2)cc1. The van der Waals surface area contributed by atoms with Gasteiger partial charge in [-0.15, -0.1) is 0 Å². The van der Waals surface area contributed by atoms with E-state index in [-0.39, 0.29) is 21.5 Å². The summed E-state index contributed by atoms with van der Waals surface area (Å²) in [6, 6.07) is 10.0. The van der Waals surface area contributed by atoms with Gasteiger partial charge < -0.3 is 10.5 Å². The number of carbonyl (C=O) groups excluding carboxylic acids is 1. The van der Waals surface area contributed by atoms with Crippen LogP contribution in [0.5, 0.6) is 5.75 Å². The summed E-state index contributed by atoms with van der Waals surface area (Å²) in [5.74, 6) is -0.212. The molecule has 0 fully saturated rings. The molecule has 0 aromatic heterocycles. The molecule has 6 nitrogen and oxygen atoms in total. The van der Waals surface area contributed by atoms with E-state index in [4.69, 9.17) is 33.7 Å². The van der Waals surface area contributed by atoms with E-state index >= 15 is 0 Å². The topological polar surface area (TPSA) is 98.5 Å². The minimum atomic E-state index is -3.80. The van der Waals surface area contributed by atoms with Crippen molar-refractivity contribution < 1.29 is 17.9 Å². The monoisotopic (exact) mass is 374 g/mol. The summed E-state index contributed by atoms with van der Waals surface area (Å²) < 4.78 is 32.0. The van der Waals surface area contributed by atoms with Gasteiger partial charge in [-0.05, 0) is 42.5 Å². The first-order chi connectivity index (χ1) is 10.8. The normalized spacial score (nSPS) is 11.0. The molecule has 0 aliphatic rings. The number of ether oxygens (including phenoxy) is 1. The number of hydrogen-bond acceptors (Lipinski definition) is 4. The lowest BCUT2D eigenvalue weighted by atomic mass is 10.3. The van der Waals surface area contributed by atoms with Crippen LogP contribution in [-0.2, 0) is 14.8 Å². The molecule has 0 bridgehead atoms. The number of anilines is 1. The van der Waals surface area contributed by atoms with E-state index in [1.807, 2.05) is 0 Å². The predicted molar refractivity (Wildman–Crippen MR) is 88.4 cm³/mol. The van der Waals surface area contributed by atoms with Gasteiger partial charge in [-0.1, -0.05) is 23.2 Å². The third kappa shape index (κ3) is 4.75. The highest BCUT2D eigenvalue weighted by Crippen LogP contribution is 2.26. The van der Waals surface area contributed by atoms with Crippen molar-refractivity contribution in [1.82, 2.24) is 0 Å². The van der Waals surface area contributed by atoms with Crippen LogP contribution in [0.3, 0.4) is 0 Å². The second-order valence-electron chi connectivity index (χ2n) is 4.46. The highest BCUT2D eigenvalue weighted by Gasteiger charge is 2.15. The van der Waals surface area contributed by atoms with Crippen LogP contribution < -0.4 is 15.2 Å². The molecular formula is C14H12Cl2N2O4S. The van der Waals surface area contributed by atoms with Gasteiger partial charge in [-0.2, -0.15) is 0 Å². The average molecular weight is 375 g/mol. The molecule has 3 N–H and O–H groups in total. The molecule has 0 spiro atoms. The summed E-state index contributed by atoms with van der Waals surface area (Å²) in [6.45, 7) is -0.256.